The van der Waals surface area contributed by atoms with Crippen molar-refractivity contribution < 1.29 is 0 Å². The minimum absolute atomic E-state index is 0.738. The molecule has 2 aromatic rings. The number of nitrogens with zero attached hydrogens (tertiary/aromatic N) is 4. The largest absolute Gasteiger partial charge is 0.331 e. The van der Waals surface area contributed by atoms with Crippen LogP contribution in [0.1, 0.15) is 29.9 Å². The summed E-state index contributed by atoms with van der Waals surface area (Å²) in [6.45, 7) is 3.97. The summed E-state index contributed by atoms with van der Waals surface area (Å²) in [5.41, 5.74) is 2.56. The van der Waals surface area contributed by atoms with Gasteiger partial charge in [-0.25, -0.2) is 4.98 Å². The predicted octanol–water partition coefficient (Wildman–Crippen LogP) is 1.42. The van der Waals surface area contributed by atoms with Crippen molar-refractivity contribution in [1.29, 1.82) is 0 Å². The Hall–Kier alpha value is -1.62. The summed E-state index contributed by atoms with van der Waals surface area (Å²) in [6.07, 6.45) is 9.66. The zero-order chi connectivity index (χ0) is 13.2. The molecule has 1 aliphatic rings. The molecule has 1 aliphatic carbocycles. The van der Waals surface area contributed by atoms with Crippen LogP contribution in [0.15, 0.2) is 18.6 Å². The lowest BCUT2D eigenvalue weighted by Crippen LogP contribution is -2.19. The molecule has 1 N–H and O–H groups in total. The number of nitrogens with one attached hydrogen (secondary N) is 1. The zero-order valence-corrected chi connectivity index (χ0v) is 11.6. The molecular formula is C14H21N5. The van der Waals surface area contributed by atoms with Gasteiger partial charge in [-0.1, -0.05) is 0 Å². The SMILES string of the molecule is Cc1ncc(CNC2CC2)n1CCc1cnn(C)c1. The summed E-state index contributed by atoms with van der Waals surface area (Å²) in [5, 5.41) is 7.76. The first-order valence-electron chi connectivity index (χ1n) is 6.94. The second-order valence-electron chi connectivity index (χ2n) is 5.38. The average molecular weight is 259 g/mol. The highest BCUT2D eigenvalue weighted by Crippen LogP contribution is 2.19. The molecule has 0 atom stereocenters. The van der Waals surface area contributed by atoms with Crippen LogP contribution in [0.25, 0.3) is 0 Å². The third kappa shape index (κ3) is 3.04. The van der Waals surface area contributed by atoms with Gasteiger partial charge in [-0.3, -0.25) is 4.68 Å². The van der Waals surface area contributed by atoms with Crippen molar-refractivity contribution in [3.05, 3.63) is 35.7 Å². The molecule has 1 fully saturated rings. The van der Waals surface area contributed by atoms with E-state index >= 15 is 0 Å². The zero-order valence-electron chi connectivity index (χ0n) is 11.6. The van der Waals surface area contributed by atoms with Crippen molar-refractivity contribution >= 4 is 0 Å². The van der Waals surface area contributed by atoms with Crippen LogP contribution in [0.2, 0.25) is 0 Å². The first-order valence-corrected chi connectivity index (χ1v) is 6.94. The standard InChI is InChI=1S/C14H21N5/c1-11-15-8-14(9-16-13-3-4-13)19(11)6-5-12-7-17-18(2)10-12/h7-8,10,13,16H,3-6,9H2,1-2H3. The topological polar surface area (TPSA) is 47.7 Å². The molecule has 0 spiro atoms. The van der Waals surface area contributed by atoms with Crippen LogP contribution in [-0.4, -0.2) is 25.4 Å². The quantitative estimate of drug-likeness (QED) is 0.853. The van der Waals surface area contributed by atoms with E-state index in [2.05, 4.69) is 33.1 Å². The molecule has 3 rings (SSSR count). The first kappa shape index (κ1) is 12.4. The summed E-state index contributed by atoms with van der Waals surface area (Å²) in [6, 6.07) is 0.738. The molecule has 0 unspecified atom stereocenters. The number of aromatic nitrogens is 4. The lowest BCUT2D eigenvalue weighted by Gasteiger charge is -2.10. The molecular weight excluding hydrogens is 238 g/mol. The van der Waals surface area contributed by atoms with Crippen molar-refractivity contribution in [3.63, 3.8) is 0 Å². The maximum atomic E-state index is 4.43. The second-order valence-corrected chi connectivity index (χ2v) is 5.38. The first-order chi connectivity index (χ1) is 9.22. The molecule has 1 saturated carbocycles. The fourth-order valence-electron chi connectivity index (χ4n) is 2.34. The van der Waals surface area contributed by atoms with Gasteiger partial charge in [-0.05, 0) is 31.7 Å². The number of rotatable bonds is 6. The van der Waals surface area contributed by atoms with Gasteiger partial charge in [0.2, 0.25) is 0 Å². The minimum atomic E-state index is 0.738. The Morgan fingerprint density at radius 3 is 2.89 bits per heavy atom. The van der Waals surface area contributed by atoms with Crippen molar-refractivity contribution in [2.45, 2.75) is 45.3 Å². The van der Waals surface area contributed by atoms with Gasteiger partial charge in [-0.15, -0.1) is 0 Å². The van der Waals surface area contributed by atoms with Gasteiger partial charge in [0.1, 0.15) is 5.82 Å². The van der Waals surface area contributed by atoms with E-state index in [1.165, 1.54) is 24.1 Å². The molecule has 5 nitrogen and oxygen atoms in total. The monoisotopic (exact) mass is 259 g/mol. The lowest BCUT2D eigenvalue weighted by atomic mass is 10.2. The van der Waals surface area contributed by atoms with E-state index in [4.69, 9.17) is 0 Å². The summed E-state index contributed by atoms with van der Waals surface area (Å²) in [7, 11) is 1.96. The van der Waals surface area contributed by atoms with Gasteiger partial charge in [0.05, 0.1) is 11.9 Å². The second kappa shape index (κ2) is 5.17. The number of imidazole rings is 1. The van der Waals surface area contributed by atoms with Gasteiger partial charge in [-0.2, -0.15) is 5.10 Å². The maximum Gasteiger partial charge on any atom is 0.105 e. The summed E-state index contributed by atoms with van der Waals surface area (Å²) in [5.74, 6) is 1.09. The van der Waals surface area contributed by atoms with E-state index in [1.807, 2.05) is 24.1 Å². The van der Waals surface area contributed by atoms with Gasteiger partial charge >= 0.3 is 0 Å². The Labute approximate surface area is 113 Å². The van der Waals surface area contributed by atoms with Crippen LogP contribution in [-0.2, 0) is 26.6 Å². The maximum absolute atomic E-state index is 4.43. The van der Waals surface area contributed by atoms with E-state index in [1.54, 1.807) is 0 Å². The predicted molar refractivity (Wildman–Crippen MR) is 73.7 cm³/mol. The van der Waals surface area contributed by atoms with E-state index in [0.717, 1.165) is 31.4 Å². The van der Waals surface area contributed by atoms with Crippen LogP contribution in [0, 0.1) is 6.92 Å². The van der Waals surface area contributed by atoms with Gasteiger partial charge in [0, 0.05) is 38.6 Å². The van der Waals surface area contributed by atoms with Crippen molar-refractivity contribution in [1.82, 2.24) is 24.6 Å². The van der Waals surface area contributed by atoms with Crippen LogP contribution in [0.4, 0.5) is 0 Å². The molecule has 0 amide bonds. The number of hydrogen-bond acceptors (Lipinski definition) is 3. The van der Waals surface area contributed by atoms with E-state index in [9.17, 15) is 0 Å². The number of aryl methyl sites for hydroxylation is 3. The highest BCUT2D eigenvalue weighted by atomic mass is 15.2. The average Bonchev–Trinajstić information content (AvgIpc) is 3.03. The van der Waals surface area contributed by atoms with E-state index in [-0.39, 0.29) is 0 Å². The summed E-state index contributed by atoms with van der Waals surface area (Å²) < 4.78 is 4.16. The van der Waals surface area contributed by atoms with Crippen molar-refractivity contribution in [3.8, 4) is 0 Å². The smallest absolute Gasteiger partial charge is 0.105 e. The molecule has 2 aromatic heterocycles. The van der Waals surface area contributed by atoms with E-state index in [0.29, 0.717) is 0 Å². The fraction of sp³-hybridized carbons (Fsp3) is 0.571. The molecule has 0 saturated heterocycles. The van der Waals surface area contributed by atoms with Crippen LogP contribution >= 0.6 is 0 Å². The number of hydrogen-bond donors (Lipinski definition) is 1. The molecule has 0 aliphatic heterocycles. The van der Waals surface area contributed by atoms with E-state index < -0.39 is 0 Å². The molecule has 0 aromatic carbocycles. The lowest BCUT2D eigenvalue weighted by molar-refractivity contribution is 0.595. The Bertz CT molecular complexity index is 550. The molecule has 102 valence electrons. The van der Waals surface area contributed by atoms with Crippen molar-refractivity contribution in [2.24, 2.45) is 7.05 Å². The summed E-state index contributed by atoms with van der Waals surface area (Å²) >= 11 is 0. The summed E-state index contributed by atoms with van der Waals surface area (Å²) in [4.78, 5) is 4.43. The third-order valence-electron chi connectivity index (χ3n) is 3.67. The molecule has 19 heavy (non-hydrogen) atoms. The molecule has 5 heteroatoms. The Morgan fingerprint density at radius 1 is 1.37 bits per heavy atom. The molecule has 0 bridgehead atoms. The van der Waals surface area contributed by atoms with Gasteiger partial charge in [0.15, 0.2) is 0 Å². The van der Waals surface area contributed by atoms with Crippen LogP contribution < -0.4 is 5.32 Å². The van der Waals surface area contributed by atoms with Gasteiger partial charge in [0.25, 0.3) is 0 Å². The minimum Gasteiger partial charge on any atom is -0.331 e. The third-order valence-corrected chi connectivity index (χ3v) is 3.67. The highest BCUT2D eigenvalue weighted by molar-refractivity contribution is 5.08. The van der Waals surface area contributed by atoms with Crippen LogP contribution in [0.5, 0.6) is 0 Å². The molecule has 0 radical (unpaired) electrons. The van der Waals surface area contributed by atoms with Crippen molar-refractivity contribution in [2.75, 3.05) is 0 Å². The van der Waals surface area contributed by atoms with Crippen LogP contribution in [0.3, 0.4) is 0 Å². The fourth-order valence-corrected chi connectivity index (χ4v) is 2.34. The normalized spacial score (nSPS) is 15.1. The Kier molecular flexibility index (Phi) is 3.38. The highest BCUT2D eigenvalue weighted by Gasteiger charge is 2.20. The molecule has 2 heterocycles. The Balaban J connectivity index is 1.63. The van der Waals surface area contributed by atoms with Gasteiger partial charge < -0.3 is 9.88 Å². The Morgan fingerprint density at radius 2 is 2.21 bits per heavy atom.